The predicted octanol–water partition coefficient (Wildman–Crippen LogP) is 4.18. The summed E-state index contributed by atoms with van der Waals surface area (Å²) in [6.45, 7) is 0. The van der Waals surface area contributed by atoms with Crippen LogP contribution in [0.4, 0.5) is 0 Å². The predicted molar refractivity (Wildman–Crippen MR) is 77.7 cm³/mol. The quantitative estimate of drug-likeness (QED) is 0.757. The molecule has 0 spiro atoms. The second-order valence-electron chi connectivity index (χ2n) is 4.42. The molecule has 0 unspecified atom stereocenters. The Hall–Kier alpha value is -2.06. The second-order valence-corrected chi connectivity index (χ2v) is 4.82. The summed E-state index contributed by atoms with van der Waals surface area (Å²) >= 11 is 6.15. The first kappa shape index (κ1) is 12.0. The highest BCUT2D eigenvalue weighted by molar-refractivity contribution is 6.31. The van der Waals surface area contributed by atoms with Gasteiger partial charge in [0.2, 0.25) is 0 Å². The van der Waals surface area contributed by atoms with Crippen molar-refractivity contribution >= 4 is 22.5 Å². The van der Waals surface area contributed by atoms with Crippen molar-refractivity contribution in [2.75, 3.05) is 0 Å². The number of nitrogens with zero attached hydrogens (tertiary/aromatic N) is 1. The van der Waals surface area contributed by atoms with Crippen LogP contribution in [0.15, 0.2) is 54.7 Å². The molecule has 3 heteroatoms. The Kier molecular flexibility index (Phi) is 3.10. The highest BCUT2D eigenvalue weighted by atomic mass is 35.5. The van der Waals surface area contributed by atoms with Gasteiger partial charge in [0.05, 0.1) is 0 Å². The Labute approximate surface area is 116 Å². The minimum absolute atomic E-state index is 0.234. The van der Waals surface area contributed by atoms with Crippen LogP contribution in [-0.4, -0.2) is 10.1 Å². The van der Waals surface area contributed by atoms with Crippen molar-refractivity contribution in [3.8, 4) is 5.75 Å². The summed E-state index contributed by atoms with van der Waals surface area (Å²) in [6.07, 6.45) is 2.28. The molecule has 0 aliphatic carbocycles. The summed E-state index contributed by atoms with van der Waals surface area (Å²) in [5.41, 5.74) is 2.46. The topological polar surface area (TPSA) is 33.1 Å². The zero-order chi connectivity index (χ0) is 13.2. The van der Waals surface area contributed by atoms with Gasteiger partial charge in [-0.1, -0.05) is 48.0 Å². The Morgan fingerprint density at radius 3 is 2.63 bits per heavy atom. The number of benzene rings is 2. The van der Waals surface area contributed by atoms with Gasteiger partial charge in [-0.05, 0) is 17.7 Å². The van der Waals surface area contributed by atoms with Crippen LogP contribution in [0.2, 0.25) is 5.02 Å². The summed E-state index contributed by atoms with van der Waals surface area (Å²) in [4.78, 5) is 4.22. The molecule has 3 aromatic rings. The van der Waals surface area contributed by atoms with Gasteiger partial charge in [-0.2, -0.15) is 0 Å². The third-order valence-corrected chi connectivity index (χ3v) is 3.54. The maximum atomic E-state index is 10.3. The molecule has 0 saturated carbocycles. The fraction of sp³-hybridized carbons (Fsp3) is 0.0625. The summed E-state index contributed by atoms with van der Waals surface area (Å²) in [7, 11) is 0. The van der Waals surface area contributed by atoms with Crippen LogP contribution in [0.25, 0.3) is 10.9 Å². The van der Waals surface area contributed by atoms with Crippen molar-refractivity contribution in [3.63, 3.8) is 0 Å². The molecule has 2 aromatic carbocycles. The number of phenolic OH excluding ortho intramolecular Hbond substituents is 1. The normalized spacial score (nSPS) is 10.8. The average Bonchev–Trinajstić information content (AvgIpc) is 2.44. The largest absolute Gasteiger partial charge is 0.505 e. The van der Waals surface area contributed by atoms with E-state index in [1.807, 2.05) is 48.5 Å². The van der Waals surface area contributed by atoms with E-state index in [1.165, 1.54) is 0 Å². The van der Waals surface area contributed by atoms with Crippen LogP contribution in [0.3, 0.4) is 0 Å². The fourth-order valence-electron chi connectivity index (χ4n) is 2.16. The molecule has 0 radical (unpaired) electrons. The summed E-state index contributed by atoms with van der Waals surface area (Å²) in [6, 6.07) is 15.3. The van der Waals surface area contributed by atoms with Gasteiger partial charge in [0, 0.05) is 28.6 Å². The number of hydrogen-bond donors (Lipinski definition) is 1. The van der Waals surface area contributed by atoms with Crippen molar-refractivity contribution < 1.29 is 5.11 Å². The number of pyridine rings is 1. The van der Waals surface area contributed by atoms with Crippen LogP contribution in [-0.2, 0) is 6.42 Å². The first-order valence-electron chi connectivity index (χ1n) is 6.04. The average molecular weight is 270 g/mol. The van der Waals surface area contributed by atoms with Crippen LogP contribution in [0, 0.1) is 0 Å². The smallest absolute Gasteiger partial charge is 0.145 e. The number of halogens is 1. The van der Waals surface area contributed by atoms with E-state index in [1.54, 1.807) is 6.20 Å². The van der Waals surface area contributed by atoms with Gasteiger partial charge in [-0.3, -0.25) is 4.98 Å². The first-order chi connectivity index (χ1) is 9.25. The molecule has 1 heterocycles. The van der Waals surface area contributed by atoms with E-state index in [-0.39, 0.29) is 5.75 Å². The zero-order valence-electron chi connectivity index (χ0n) is 10.2. The maximum absolute atomic E-state index is 10.3. The third kappa shape index (κ3) is 2.27. The van der Waals surface area contributed by atoms with Crippen molar-refractivity contribution in [2.24, 2.45) is 0 Å². The molecule has 0 aliphatic rings. The van der Waals surface area contributed by atoms with Gasteiger partial charge in [0.15, 0.2) is 0 Å². The van der Waals surface area contributed by atoms with Crippen LogP contribution >= 0.6 is 11.6 Å². The van der Waals surface area contributed by atoms with E-state index >= 15 is 0 Å². The number of aromatic hydroxyl groups is 1. The van der Waals surface area contributed by atoms with Crippen LogP contribution < -0.4 is 0 Å². The minimum atomic E-state index is 0.234. The molecular weight excluding hydrogens is 258 g/mol. The molecule has 0 atom stereocenters. The summed E-state index contributed by atoms with van der Waals surface area (Å²) in [5, 5.41) is 11.9. The van der Waals surface area contributed by atoms with E-state index in [4.69, 9.17) is 11.6 Å². The van der Waals surface area contributed by atoms with Crippen LogP contribution in [0.5, 0.6) is 5.75 Å². The molecule has 0 amide bonds. The molecule has 0 bridgehead atoms. The van der Waals surface area contributed by atoms with E-state index in [2.05, 4.69) is 4.98 Å². The SMILES string of the molecule is Oc1c(Cc2ccccc2Cl)ccc2cccnc12. The van der Waals surface area contributed by atoms with Crippen LogP contribution in [0.1, 0.15) is 11.1 Å². The Balaban J connectivity index is 2.07. The van der Waals surface area contributed by atoms with Crippen molar-refractivity contribution in [3.05, 3.63) is 70.9 Å². The first-order valence-corrected chi connectivity index (χ1v) is 6.42. The number of rotatable bonds is 2. The molecule has 0 aliphatic heterocycles. The van der Waals surface area contributed by atoms with E-state index < -0.39 is 0 Å². The summed E-state index contributed by atoms with van der Waals surface area (Å²) < 4.78 is 0. The number of hydrogen-bond acceptors (Lipinski definition) is 2. The van der Waals surface area contributed by atoms with Gasteiger partial charge in [-0.15, -0.1) is 0 Å². The number of aromatic nitrogens is 1. The second kappa shape index (κ2) is 4.90. The lowest BCUT2D eigenvalue weighted by atomic mass is 10.0. The van der Waals surface area contributed by atoms with E-state index in [0.717, 1.165) is 16.5 Å². The van der Waals surface area contributed by atoms with Crippen molar-refractivity contribution in [2.45, 2.75) is 6.42 Å². The molecule has 3 rings (SSSR count). The Bertz CT molecular complexity index is 740. The van der Waals surface area contributed by atoms with Gasteiger partial charge in [0.1, 0.15) is 11.3 Å². The number of fused-ring (bicyclic) bond motifs is 1. The van der Waals surface area contributed by atoms with Gasteiger partial charge in [0.25, 0.3) is 0 Å². The maximum Gasteiger partial charge on any atom is 0.145 e. The third-order valence-electron chi connectivity index (χ3n) is 3.17. The highest BCUT2D eigenvalue weighted by Gasteiger charge is 2.09. The van der Waals surface area contributed by atoms with Gasteiger partial charge < -0.3 is 5.11 Å². The molecule has 1 aromatic heterocycles. The van der Waals surface area contributed by atoms with Gasteiger partial charge >= 0.3 is 0 Å². The van der Waals surface area contributed by atoms with Crippen molar-refractivity contribution in [1.29, 1.82) is 0 Å². The highest BCUT2D eigenvalue weighted by Crippen LogP contribution is 2.30. The zero-order valence-corrected chi connectivity index (χ0v) is 10.9. The minimum Gasteiger partial charge on any atom is -0.505 e. The van der Waals surface area contributed by atoms with Gasteiger partial charge in [-0.25, -0.2) is 0 Å². The molecule has 0 saturated heterocycles. The standard InChI is InChI=1S/C16H12ClNO/c17-14-6-2-1-4-12(14)10-13-8-7-11-5-3-9-18-15(11)16(13)19/h1-9,19H,10H2. The fourth-order valence-corrected chi connectivity index (χ4v) is 2.36. The molecule has 0 fully saturated rings. The lowest BCUT2D eigenvalue weighted by molar-refractivity contribution is 0.474. The van der Waals surface area contributed by atoms with E-state index in [0.29, 0.717) is 17.0 Å². The monoisotopic (exact) mass is 269 g/mol. The molecular formula is C16H12ClNO. The molecule has 2 nitrogen and oxygen atoms in total. The van der Waals surface area contributed by atoms with Crippen molar-refractivity contribution in [1.82, 2.24) is 4.98 Å². The molecule has 94 valence electrons. The lowest BCUT2D eigenvalue weighted by Crippen LogP contribution is -1.91. The number of phenols is 1. The van der Waals surface area contributed by atoms with E-state index in [9.17, 15) is 5.11 Å². The summed E-state index contributed by atoms with van der Waals surface area (Å²) in [5.74, 6) is 0.234. The lowest BCUT2D eigenvalue weighted by Gasteiger charge is -2.08. The molecule has 19 heavy (non-hydrogen) atoms. The Morgan fingerprint density at radius 2 is 1.79 bits per heavy atom. The Morgan fingerprint density at radius 1 is 0.947 bits per heavy atom. The molecule has 1 N–H and O–H groups in total.